The highest BCUT2D eigenvalue weighted by Crippen LogP contribution is 2.32. The molecule has 0 saturated carbocycles. The lowest BCUT2D eigenvalue weighted by Gasteiger charge is -2.36. The molecule has 2 heterocycles. The summed E-state index contributed by atoms with van der Waals surface area (Å²) in [5, 5.41) is 0. The zero-order valence-corrected chi connectivity index (χ0v) is 16.6. The Bertz CT molecular complexity index is 1080. The molecule has 30 heavy (non-hydrogen) atoms. The van der Waals surface area contributed by atoms with Gasteiger partial charge in [-0.1, -0.05) is 12.1 Å². The van der Waals surface area contributed by atoms with Gasteiger partial charge in [0, 0.05) is 45.0 Å². The largest absolute Gasteiger partial charge is 0.494 e. The molecule has 9 heteroatoms. The number of anilines is 1. The first-order valence-corrected chi connectivity index (χ1v) is 9.77. The Hall–Kier alpha value is -2.94. The molecule has 2 aromatic carbocycles. The van der Waals surface area contributed by atoms with Crippen molar-refractivity contribution >= 4 is 16.7 Å². The van der Waals surface area contributed by atoms with Crippen molar-refractivity contribution in [3.63, 3.8) is 0 Å². The predicted octanol–water partition coefficient (Wildman–Crippen LogP) is 3.18. The van der Waals surface area contributed by atoms with Gasteiger partial charge in [-0.3, -0.25) is 9.47 Å². The minimum Gasteiger partial charge on any atom is -0.494 e. The normalized spacial score (nSPS) is 15.7. The molecule has 3 aromatic rings. The van der Waals surface area contributed by atoms with Crippen LogP contribution in [0.4, 0.5) is 18.9 Å². The Balaban J connectivity index is 1.39. The Kier molecular flexibility index (Phi) is 5.46. The molecule has 1 saturated heterocycles. The fraction of sp³-hybridized carbons (Fsp3) is 0.381. The van der Waals surface area contributed by atoms with Crippen LogP contribution >= 0.6 is 0 Å². The second kappa shape index (κ2) is 8.06. The van der Waals surface area contributed by atoms with E-state index in [-0.39, 0.29) is 5.69 Å². The maximum atomic E-state index is 13.0. The molecule has 0 unspecified atom stereocenters. The smallest absolute Gasteiger partial charge is 0.416 e. The summed E-state index contributed by atoms with van der Waals surface area (Å²) in [4.78, 5) is 19.4. The maximum absolute atomic E-state index is 13.0. The monoisotopic (exact) mass is 420 g/mol. The molecule has 0 bridgehead atoms. The zero-order valence-electron chi connectivity index (χ0n) is 16.6. The van der Waals surface area contributed by atoms with Crippen molar-refractivity contribution in [1.82, 2.24) is 14.5 Å². The number of ether oxygens (including phenoxy) is 1. The first-order valence-electron chi connectivity index (χ1n) is 9.77. The van der Waals surface area contributed by atoms with Crippen LogP contribution in [0.1, 0.15) is 5.56 Å². The first-order chi connectivity index (χ1) is 14.4. The van der Waals surface area contributed by atoms with Gasteiger partial charge in [0.25, 0.3) is 0 Å². The molecule has 1 N–H and O–H groups in total. The number of hydrogen-bond acceptors (Lipinski definition) is 4. The van der Waals surface area contributed by atoms with Gasteiger partial charge in [-0.2, -0.15) is 13.2 Å². The number of aromatic amines is 1. The van der Waals surface area contributed by atoms with Crippen LogP contribution in [0.3, 0.4) is 0 Å². The van der Waals surface area contributed by atoms with Crippen LogP contribution in [0.2, 0.25) is 0 Å². The lowest BCUT2D eigenvalue weighted by Crippen LogP contribution is -2.47. The maximum Gasteiger partial charge on any atom is 0.416 e. The standard InChI is InChI=1S/C21H23F3N4O2/c1-30-18-7-3-6-17-19(18)25-20(29)28(17)13-10-26-8-11-27(12-9-26)16-5-2-4-15(14-16)21(22,23)24/h2-7,14H,8-13H2,1H3,(H,25,29). The number of methoxy groups -OCH3 is 1. The molecular formula is C21H23F3N4O2. The Morgan fingerprint density at radius 1 is 1.03 bits per heavy atom. The summed E-state index contributed by atoms with van der Waals surface area (Å²) >= 11 is 0. The van der Waals surface area contributed by atoms with E-state index in [1.807, 2.05) is 17.0 Å². The van der Waals surface area contributed by atoms with Crippen LogP contribution in [-0.2, 0) is 12.7 Å². The van der Waals surface area contributed by atoms with Crippen molar-refractivity contribution in [1.29, 1.82) is 0 Å². The van der Waals surface area contributed by atoms with Gasteiger partial charge in [0.2, 0.25) is 0 Å². The van der Waals surface area contributed by atoms with Crippen molar-refractivity contribution in [2.24, 2.45) is 0 Å². The number of rotatable bonds is 5. The number of imidazole rings is 1. The van der Waals surface area contributed by atoms with Crippen LogP contribution in [0.25, 0.3) is 11.0 Å². The summed E-state index contributed by atoms with van der Waals surface area (Å²) < 4.78 is 45.9. The van der Waals surface area contributed by atoms with Gasteiger partial charge in [0.1, 0.15) is 11.3 Å². The van der Waals surface area contributed by atoms with E-state index in [1.54, 1.807) is 23.8 Å². The van der Waals surface area contributed by atoms with Gasteiger partial charge in [0.05, 0.1) is 18.2 Å². The molecule has 0 aliphatic carbocycles. The summed E-state index contributed by atoms with van der Waals surface area (Å²) in [6.07, 6.45) is -4.34. The first kappa shape index (κ1) is 20.3. The van der Waals surface area contributed by atoms with Gasteiger partial charge in [-0.05, 0) is 30.3 Å². The molecule has 1 aromatic heterocycles. The van der Waals surface area contributed by atoms with E-state index in [0.29, 0.717) is 43.1 Å². The molecule has 0 atom stereocenters. The fourth-order valence-electron chi connectivity index (χ4n) is 3.90. The van der Waals surface area contributed by atoms with Crippen LogP contribution < -0.4 is 15.3 Å². The Morgan fingerprint density at radius 2 is 1.77 bits per heavy atom. The van der Waals surface area contributed by atoms with E-state index >= 15 is 0 Å². The number of fused-ring (bicyclic) bond motifs is 1. The summed E-state index contributed by atoms with van der Waals surface area (Å²) in [6, 6.07) is 11.0. The highest BCUT2D eigenvalue weighted by molar-refractivity contribution is 5.81. The lowest BCUT2D eigenvalue weighted by atomic mass is 10.1. The predicted molar refractivity (Wildman–Crippen MR) is 109 cm³/mol. The molecule has 6 nitrogen and oxygen atoms in total. The number of piperazine rings is 1. The van der Waals surface area contributed by atoms with Crippen molar-refractivity contribution in [2.45, 2.75) is 12.7 Å². The number of aromatic nitrogens is 2. The number of H-pyrrole nitrogens is 1. The van der Waals surface area contributed by atoms with Crippen molar-refractivity contribution in [3.8, 4) is 5.75 Å². The van der Waals surface area contributed by atoms with Gasteiger partial charge < -0.3 is 14.6 Å². The molecule has 0 spiro atoms. The molecule has 160 valence electrons. The van der Waals surface area contributed by atoms with Crippen LogP contribution in [0.15, 0.2) is 47.3 Å². The van der Waals surface area contributed by atoms with Crippen molar-refractivity contribution in [3.05, 3.63) is 58.5 Å². The second-order valence-corrected chi connectivity index (χ2v) is 7.31. The summed E-state index contributed by atoms with van der Waals surface area (Å²) in [5.74, 6) is 0.623. The third-order valence-electron chi connectivity index (χ3n) is 5.54. The van der Waals surface area contributed by atoms with E-state index in [1.165, 1.54) is 12.1 Å². The number of alkyl halides is 3. The van der Waals surface area contributed by atoms with Gasteiger partial charge in [0.15, 0.2) is 0 Å². The molecular weight excluding hydrogens is 397 g/mol. The number of para-hydroxylation sites is 1. The van der Waals surface area contributed by atoms with Crippen molar-refractivity contribution in [2.75, 3.05) is 44.7 Å². The molecule has 0 amide bonds. The summed E-state index contributed by atoms with van der Waals surface area (Å²) in [7, 11) is 1.56. The highest BCUT2D eigenvalue weighted by Gasteiger charge is 2.31. The zero-order chi connectivity index (χ0) is 21.3. The molecule has 1 aliphatic rings. The van der Waals surface area contributed by atoms with Crippen LogP contribution in [0, 0.1) is 0 Å². The Labute approximate surface area is 171 Å². The number of halogens is 3. The SMILES string of the molecule is COc1cccc2c1[nH]c(=O)n2CCN1CCN(c2cccc(C(F)(F)F)c2)CC1. The van der Waals surface area contributed by atoms with Crippen LogP contribution in [-0.4, -0.2) is 54.3 Å². The molecule has 0 radical (unpaired) electrons. The summed E-state index contributed by atoms with van der Waals surface area (Å²) in [6.45, 7) is 3.92. The second-order valence-electron chi connectivity index (χ2n) is 7.31. The number of benzene rings is 2. The number of nitrogens with one attached hydrogen (secondary N) is 1. The topological polar surface area (TPSA) is 53.5 Å². The minimum atomic E-state index is -4.34. The van der Waals surface area contributed by atoms with Crippen molar-refractivity contribution < 1.29 is 17.9 Å². The fourth-order valence-corrected chi connectivity index (χ4v) is 3.90. The molecule has 4 rings (SSSR count). The van der Waals surface area contributed by atoms with Gasteiger partial charge in [-0.25, -0.2) is 4.79 Å². The van der Waals surface area contributed by atoms with Gasteiger partial charge in [-0.15, -0.1) is 0 Å². The van der Waals surface area contributed by atoms with Gasteiger partial charge >= 0.3 is 11.9 Å². The lowest BCUT2D eigenvalue weighted by molar-refractivity contribution is -0.137. The van der Waals surface area contributed by atoms with Crippen LogP contribution in [0.5, 0.6) is 5.75 Å². The van der Waals surface area contributed by atoms with E-state index in [0.717, 1.165) is 24.7 Å². The quantitative estimate of drug-likeness (QED) is 0.689. The van der Waals surface area contributed by atoms with E-state index < -0.39 is 11.7 Å². The average molecular weight is 420 g/mol. The average Bonchev–Trinajstić information content (AvgIpc) is 3.07. The number of hydrogen-bond donors (Lipinski definition) is 1. The van der Waals surface area contributed by atoms with E-state index in [2.05, 4.69) is 9.88 Å². The molecule has 1 fully saturated rings. The summed E-state index contributed by atoms with van der Waals surface area (Å²) in [5.41, 5.74) is 1.25. The molecule has 1 aliphatic heterocycles. The highest BCUT2D eigenvalue weighted by atomic mass is 19.4. The third-order valence-corrected chi connectivity index (χ3v) is 5.54. The minimum absolute atomic E-state index is 0.183. The third kappa shape index (κ3) is 4.02. The number of nitrogens with zero attached hydrogens (tertiary/aromatic N) is 3. The Morgan fingerprint density at radius 3 is 2.47 bits per heavy atom. The van der Waals surface area contributed by atoms with E-state index in [9.17, 15) is 18.0 Å². The van der Waals surface area contributed by atoms with E-state index in [4.69, 9.17) is 4.74 Å².